The third kappa shape index (κ3) is 4.68. The Balaban J connectivity index is 2.18. The van der Waals surface area contributed by atoms with Crippen LogP contribution in [0.2, 0.25) is 0 Å². The zero-order valence-corrected chi connectivity index (χ0v) is 13.3. The minimum absolute atomic E-state index is 0.0285. The van der Waals surface area contributed by atoms with Gasteiger partial charge < -0.3 is 9.94 Å². The van der Waals surface area contributed by atoms with Gasteiger partial charge in [0.15, 0.2) is 12.3 Å². The molecule has 6 nitrogen and oxygen atoms in total. The first kappa shape index (κ1) is 17.3. The summed E-state index contributed by atoms with van der Waals surface area (Å²) >= 11 is 3.37. The lowest BCUT2D eigenvalue weighted by atomic mass is 10.1. The second kappa shape index (κ2) is 6.99. The molecule has 1 heterocycles. The molecule has 1 N–H and O–H groups in total. The van der Waals surface area contributed by atoms with Crippen LogP contribution < -0.4 is 4.74 Å². The standard InChI is InChI=1S/C13H11BrF3N3O3/c1-7-2-3-8(4-9(7)14)5-10(18-21)11-12(20-23-19-11)22-6-13(15,16)17/h2-4,21H,5-6H2,1H3/b18-10+. The molecule has 0 aliphatic heterocycles. The van der Waals surface area contributed by atoms with Crippen molar-refractivity contribution in [3.63, 3.8) is 0 Å². The van der Waals surface area contributed by atoms with E-state index >= 15 is 0 Å². The molecule has 0 aliphatic rings. The van der Waals surface area contributed by atoms with Crippen molar-refractivity contribution in [1.82, 2.24) is 10.3 Å². The molecule has 23 heavy (non-hydrogen) atoms. The van der Waals surface area contributed by atoms with Crippen LogP contribution in [0, 0.1) is 6.92 Å². The molecule has 0 spiro atoms. The van der Waals surface area contributed by atoms with Gasteiger partial charge in [0.05, 0.1) is 0 Å². The summed E-state index contributed by atoms with van der Waals surface area (Å²) in [4.78, 5) is 0. The minimum Gasteiger partial charge on any atom is -0.464 e. The molecule has 0 aliphatic carbocycles. The molecular weight excluding hydrogens is 383 g/mol. The SMILES string of the molecule is Cc1ccc(C/C(=N\O)c2nonc2OCC(F)(F)F)cc1Br. The maximum absolute atomic E-state index is 12.2. The fourth-order valence-electron chi connectivity index (χ4n) is 1.71. The maximum Gasteiger partial charge on any atom is 0.422 e. The normalized spacial score (nSPS) is 12.5. The maximum atomic E-state index is 12.2. The van der Waals surface area contributed by atoms with E-state index in [4.69, 9.17) is 5.21 Å². The van der Waals surface area contributed by atoms with Crippen molar-refractivity contribution in [3.8, 4) is 5.88 Å². The van der Waals surface area contributed by atoms with Gasteiger partial charge in [-0.15, -0.1) is 0 Å². The van der Waals surface area contributed by atoms with E-state index < -0.39 is 18.7 Å². The van der Waals surface area contributed by atoms with Crippen LogP contribution >= 0.6 is 15.9 Å². The van der Waals surface area contributed by atoms with Gasteiger partial charge >= 0.3 is 6.18 Å². The van der Waals surface area contributed by atoms with Crippen LogP contribution in [-0.4, -0.2) is 34.0 Å². The first-order valence-corrected chi connectivity index (χ1v) is 7.08. The van der Waals surface area contributed by atoms with Crippen molar-refractivity contribution < 1.29 is 27.7 Å². The molecule has 0 saturated carbocycles. The van der Waals surface area contributed by atoms with Gasteiger partial charge in [0.2, 0.25) is 0 Å². The largest absolute Gasteiger partial charge is 0.464 e. The lowest BCUT2D eigenvalue weighted by Gasteiger charge is -2.08. The number of halogens is 4. The minimum atomic E-state index is -4.53. The van der Waals surface area contributed by atoms with Crippen LogP contribution in [-0.2, 0) is 6.42 Å². The van der Waals surface area contributed by atoms with Gasteiger partial charge in [-0.2, -0.15) is 13.2 Å². The van der Waals surface area contributed by atoms with Crippen LogP contribution in [0.5, 0.6) is 5.88 Å². The molecule has 0 amide bonds. The van der Waals surface area contributed by atoms with Gasteiger partial charge in [0.25, 0.3) is 5.88 Å². The molecule has 0 bridgehead atoms. The highest BCUT2D eigenvalue weighted by molar-refractivity contribution is 9.10. The summed E-state index contributed by atoms with van der Waals surface area (Å²) in [6.07, 6.45) is -4.43. The summed E-state index contributed by atoms with van der Waals surface area (Å²) in [5, 5.41) is 18.9. The number of aromatic nitrogens is 2. The molecule has 10 heteroatoms. The number of aryl methyl sites for hydroxylation is 1. The summed E-state index contributed by atoms with van der Waals surface area (Å²) < 4.78 is 46.3. The van der Waals surface area contributed by atoms with Gasteiger partial charge in [-0.1, -0.05) is 33.2 Å². The summed E-state index contributed by atoms with van der Waals surface area (Å²) in [7, 11) is 0. The molecule has 124 valence electrons. The number of benzene rings is 1. The van der Waals surface area contributed by atoms with Gasteiger partial charge in [0.1, 0.15) is 5.71 Å². The van der Waals surface area contributed by atoms with Crippen molar-refractivity contribution in [3.05, 3.63) is 39.5 Å². The predicted octanol–water partition coefficient (Wildman–Crippen LogP) is 3.50. The molecule has 2 aromatic rings. The Morgan fingerprint density at radius 2 is 2.13 bits per heavy atom. The van der Waals surface area contributed by atoms with Crippen molar-refractivity contribution in [1.29, 1.82) is 0 Å². The zero-order valence-electron chi connectivity index (χ0n) is 11.8. The fourth-order valence-corrected chi connectivity index (χ4v) is 2.13. The lowest BCUT2D eigenvalue weighted by molar-refractivity contribution is -0.154. The molecule has 0 atom stereocenters. The Morgan fingerprint density at radius 3 is 2.74 bits per heavy atom. The third-order valence-electron chi connectivity index (χ3n) is 2.83. The predicted molar refractivity (Wildman–Crippen MR) is 76.8 cm³/mol. The number of nitrogens with zero attached hydrogens (tertiary/aromatic N) is 3. The van der Waals surface area contributed by atoms with Gasteiger partial charge in [-0.3, -0.25) is 0 Å². The number of hydrogen-bond donors (Lipinski definition) is 1. The first-order chi connectivity index (χ1) is 10.8. The van der Waals surface area contributed by atoms with Crippen molar-refractivity contribution >= 4 is 21.6 Å². The van der Waals surface area contributed by atoms with E-state index in [1.165, 1.54) is 0 Å². The van der Waals surface area contributed by atoms with E-state index in [1.807, 2.05) is 13.0 Å². The fraction of sp³-hybridized carbons (Fsp3) is 0.308. The second-order valence-corrected chi connectivity index (χ2v) is 5.48. The van der Waals surface area contributed by atoms with Gasteiger partial charge in [0, 0.05) is 10.9 Å². The summed E-state index contributed by atoms with van der Waals surface area (Å²) in [5.41, 5.74) is 1.54. The van der Waals surface area contributed by atoms with Gasteiger partial charge in [-0.25, -0.2) is 4.63 Å². The van der Waals surface area contributed by atoms with Crippen LogP contribution in [0.4, 0.5) is 13.2 Å². The van der Waals surface area contributed by atoms with E-state index in [9.17, 15) is 13.2 Å². The van der Waals surface area contributed by atoms with E-state index in [0.29, 0.717) is 0 Å². The van der Waals surface area contributed by atoms with E-state index in [0.717, 1.165) is 15.6 Å². The number of rotatable bonds is 5. The Morgan fingerprint density at radius 1 is 1.39 bits per heavy atom. The topological polar surface area (TPSA) is 80.7 Å². The third-order valence-corrected chi connectivity index (χ3v) is 3.69. The first-order valence-electron chi connectivity index (χ1n) is 6.28. The smallest absolute Gasteiger partial charge is 0.422 e. The Bertz CT molecular complexity index is 716. The van der Waals surface area contributed by atoms with Crippen LogP contribution in [0.3, 0.4) is 0 Å². The number of oxime groups is 1. The number of ether oxygens (including phenoxy) is 1. The average molecular weight is 394 g/mol. The van der Waals surface area contributed by atoms with Crippen molar-refractivity contribution in [2.24, 2.45) is 5.16 Å². The molecule has 1 aromatic carbocycles. The number of hydrogen-bond acceptors (Lipinski definition) is 6. The molecule has 1 aromatic heterocycles. The molecule has 0 unspecified atom stereocenters. The summed E-state index contributed by atoms with van der Waals surface area (Å²) in [6, 6.07) is 5.43. The molecule has 0 radical (unpaired) electrons. The Kier molecular flexibility index (Phi) is 5.24. The van der Waals surface area contributed by atoms with Gasteiger partial charge in [-0.05, 0) is 34.4 Å². The summed E-state index contributed by atoms with van der Waals surface area (Å²) in [5.74, 6) is -0.485. The Hall–Kier alpha value is -2.10. The van der Waals surface area contributed by atoms with Crippen LogP contribution in [0.1, 0.15) is 16.8 Å². The quantitative estimate of drug-likeness (QED) is 0.477. The van der Waals surface area contributed by atoms with Crippen molar-refractivity contribution in [2.45, 2.75) is 19.5 Å². The molecule has 0 fully saturated rings. The highest BCUT2D eigenvalue weighted by atomic mass is 79.9. The molecule has 2 rings (SSSR count). The monoisotopic (exact) mass is 393 g/mol. The number of alkyl halides is 3. The zero-order chi connectivity index (χ0) is 17.0. The van der Waals surface area contributed by atoms with Crippen LogP contribution in [0.15, 0.2) is 32.5 Å². The van der Waals surface area contributed by atoms with E-state index in [-0.39, 0.29) is 17.8 Å². The van der Waals surface area contributed by atoms with E-state index in [1.54, 1.807) is 12.1 Å². The Labute approximate surface area is 137 Å². The summed E-state index contributed by atoms with van der Waals surface area (Å²) in [6.45, 7) is 0.350. The average Bonchev–Trinajstić information content (AvgIpc) is 2.94. The molecule has 0 saturated heterocycles. The highest BCUT2D eigenvalue weighted by Crippen LogP contribution is 2.22. The van der Waals surface area contributed by atoms with E-state index in [2.05, 4.69) is 40.8 Å². The van der Waals surface area contributed by atoms with Crippen LogP contribution in [0.25, 0.3) is 0 Å². The lowest BCUT2D eigenvalue weighted by Crippen LogP contribution is -2.20. The molecular formula is C13H11BrF3N3O3. The second-order valence-electron chi connectivity index (χ2n) is 4.63. The highest BCUT2D eigenvalue weighted by Gasteiger charge is 2.30. The van der Waals surface area contributed by atoms with Crippen molar-refractivity contribution in [2.75, 3.05) is 6.61 Å².